The average Bonchev–Trinajstić information content (AvgIpc) is 3.12. The first-order valence-corrected chi connectivity index (χ1v) is 10.5. The van der Waals surface area contributed by atoms with Crippen molar-refractivity contribution in [1.82, 2.24) is 4.90 Å². The first-order chi connectivity index (χ1) is 14.6. The second-order valence-electron chi connectivity index (χ2n) is 7.32. The summed E-state index contributed by atoms with van der Waals surface area (Å²) in [5.74, 6) is 0.418. The fraction of sp³-hybridized carbons (Fsp3) is 0.417. The molecule has 0 radical (unpaired) electrons. The number of carbonyl (C=O) groups excluding carboxylic acids is 2. The molecule has 2 aromatic rings. The van der Waals surface area contributed by atoms with Gasteiger partial charge in [0.15, 0.2) is 0 Å². The molecule has 6 heteroatoms. The lowest BCUT2D eigenvalue weighted by atomic mass is 10.0. The van der Waals surface area contributed by atoms with E-state index < -0.39 is 12.1 Å². The van der Waals surface area contributed by atoms with Crippen molar-refractivity contribution >= 4 is 12.1 Å². The van der Waals surface area contributed by atoms with Gasteiger partial charge in [0.1, 0.15) is 25.0 Å². The van der Waals surface area contributed by atoms with Crippen molar-refractivity contribution in [3.63, 3.8) is 0 Å². The fourth-order valence-corrected chi connectivity index (χ4v) is 3.63. The second kappa shape index (κ2) is 10.7. The van der Waals surface area contributed by atoms with Gasteiger partial charge in [-0.2, -0.15) is 0 Å². The van der Waals surface area contributed by atoms with E-state index >= 15 is 0 Å². The Morgan fingerprint density at radius 2 is 1.83 bits per heavy atom. The molecule has 160 valence electrons. The molecule has 1 aliphatic heterocycles. The van der Waals surface area contributed by atoms with Gasteiger partial charge in [0.2, 0.25) is 0 Å². The summed E-state index contributed by atoms with van der Waals surface area (Å²) in [7, 11) is 0. The zero-order valence-electron chi connectivity index (χ0n) is 17.6. The Bertz CT molecular complexity index is 821. The first-order valence-electron chi connectivity index (χ1n) is 10.5. The van der Waals surface area contributed by atoms with Crippen molar-refractivity contribution in [2.24, 2.45) is 0 Å². The van der Waals surface area contributed by atoms with Gasteiger partial charge in [-0.25, -0.2) is 9.59 Å². The van der Waals surface area contributed by atoms with Gasteiger partial charge < -0.3 is 14.2 Å². The molecular weight excluding hydrogens is 382 g/mol. The Morgan fingerprint density at radius 3 is 2.50 bits per heavy atom. The predicted molar refractivity (Wildman–Crippen MR) is 113 cm³/mol. The molecule has 1 saturated heterocycles. The molecule has 1 fully saturated rings. The number of hydrogen-bond acceptors (Lipinski definition) is 5. The van der Waals surface area contributed by atoms with E-state index in [2.05, 4.69) is 0 Å². The van der Waals surface area contributed by atoms with Crippen LogP contribution in [0.1, 0.15) is 37.8 Å². The van der Waals surface area contributed by atoms with Crippen LogP contribution in [0, 0.1) is 0 Å². The van der Waals surface area contributed by atoms with Gasteiger partial charge >= 0.3 is 12.1 Å². The van der Waals surface area contributed by atoms with Crippen LogP contribution in [-0.2, 0) is 27.3 Å². The van der Waals surface area contributed by atoms with E-state index in [0.29, 0.717) is 19.4 Å². The highest BCUT2D eigenvalue weighted by atomic mass is 16.6. The number of hydrogen-bond donors (Lipinski definition) is 0. The molecule has 0 bridgehead atoms. The van der Waals surface area contributed by atoms with Crippen LogP contribution < -0.4 is 4.74 Å². The number of benzene rings is 2. The Kier molecular flexibility index (Phi) is 7.71. The summed E-state index contributed by atoms with van der Waals surface area (Å²) in [6, 6.07) is 17.0. The molecule has 2 aromatic carbocycles. The molecule has 1 heterocycles. The lowest BCUT2D eigenvalue weighted by Gasteiger charge is -2.29. The standard InChI is InChI=1S/C24H29NO5/c1-3-8-22(23(26)28-4-2)25-20(17-30-24(25)27)15-18-11-13-21(14-12-18)29-16-19-9-6-5-7-10-19/h5-7,9-14,20,22H,3-4,8,15-17H2,1-2H3/t20-,22?/m0/s1. The lowest BCUT2D eigenvalue weighted by Crippen LogP contribution is -2.48. The van der Waals surface area contributed by atoms with Gasteiger partial charge in [0, 0.05) is 0 Å². The van der Waals surface area contributed by atoms with Crippen molar-refractivity contribution in [3.8, 4) is 5.75 Å². The Morgan fingerprint density at radius 1 is 1.10 bits per heavy atom. The van der Waals surface area contributed by atoms with Crippen LogP contribution in [0.25, 0.3) is 0 Å². The van der Waals surface area contributed by atoms with E-state index in [0.717, 1.165) is 23.3 Å². The smallest absolute Gasteiger partial charge is 0.410 e. The molecular formula is C24H29NO5. The highest BCUT2D eigenvalue weighted by Crippen LogP contribution is 2.24. The SMILES string of the molecule is CCCC(C(=O)OCC)N1C(=O)OC[C@@H]1Cc1ccc(OCc2ccccc2)cc1. The summed E-state index contributed by atoms with van der Waals surface area (Å²) in [6.07, 6.45) is 1.48. The van der Waals surface area contributed by atoms with Crippen molar-refractivity contribution < 1.29 is 23.8 Å². The monoisotopic (exact) mass is 411 g/mol. The lowest BCUT2D eigenvalue weighted by molar-refractivity contribution is -0.149. The minimum atomic E-state index is -0.608. The van der Waals surface area contributed by atoms with Gasteiger partial charge in [-0.3, -0.25) is 4.90 Å². The van der Waals surface area contributed by atoms with Crippen molar-refractivity contribution in [2.45, 2.75) is 51.8 Å². The zero-order chi connectivity index (χ0) is 21.3. The summed E-state index contributed by atoms with van der Waals surface area (Å²) in [4.78, 5) is 26.3. The van der Waals surface area contributed by atoms with Crippen molar-refractivity contribution in [2.75, 3.05) is 13.2 Å². The van der Waals surface area contributed by atoms with Crippen LogP contribution >= 0.6 is 0 Å². The van der Waals surface area contributed by atoms with E-state index in [1.807, 2.05) is 61.5 Å². The quantitative estimate of drug-likeness (QED) is 0.544. The summed E-state index contributed by atoms with van der Waals surface area (Å²) < 4.78 is 16.3. The summed E-state index contributed by atoms with van der Waals surface area (Å²) in [5, 5.41) is 0. The minimum Gasteiger partial charge on any atom is -0.489 e. The summed E-state index contributed by atoms with van der Waals surface area (Å²) in [6.45, 7) is 4.82. The Labute approximate surface area is 177 Å². The third kappa shape index (κ3) is 5.53. The summed E-state index contributed by atoms with van der Waals surface area (Å²) in [5.41, 5.74) is 2.16. The minimum absolute atomic E-state index is 0.199. The van der Waals surface area contributed by atoms with Crippen LogP contribution in [0.2, 0.25) is 0 Å². The molecule has 1 unspecified atom stereocenters. The molecule has 30 heavy (non-hydrogen) atoms. The van der Waals surface area contributed by atoms with Gasteiger partial charge in [-0.05, 0) is 43.0 Å². The van der Waals surface area contributed by atoms with Gasteiger partial charge in [0.05, 0.1) is 12.6 Å². The van der Waals surface area contributed by atoms with Crippen LogP contribution in [-0.4, -0.2) is 42.3 Å². The van der Waals surface area contributed by atoms with E-state index in [1.165, 1.54) is 0 Å². The Hall–Kier alpha value is -3.02. The van der Waals surface area contributed by atoms with E-state index in [4.69, 9.17) is 14.2 Å². The molecule has 0 N–H and O–H groups in total. The number of amides is 1. The number of rotatable bonds is 10. The van der Waals surface area contributed by atoms with Gasteiger partial charge in [0.25, 0.3) is 0 Å². The number of nitrogens with zero attached hydrogens (tertiary/aromatic N) is 1. The first kappa shape index (κ1) is 21.7. The molecule has 2 atom stereocenters. The predicted octanol–water partition coefficient (Wildman–Crippen LogP) is 4.36. The number of carbonyl (C=O) groups is 2. The normalized spacial score (nSPS) is 16.8. The number of esters is 1. The largest absolute Gasteiger partial charge is 0.489 e. The maximum atomic E-state index is 12.4. The molecule has 0 saturated carbocycles. The third-order valence-electron chi connectivity index (χ3n) is 5.10. The molecule has 0 aliphatic carbocycles. The van der Waals surface area contributed by atoms with E-state index in [1.54, 1.807) is 11.8 Å². The van der Waals surface area contributed by atoms with Crippen LogP contribution in [0.5, 0.6) is 5.75 Å². The zero-order valence-corrected chi connectivity index (χ0v) is 17.6. The fourth-order valence-electron chi connectivity index (χ4n) is 3.63. The molecule has 3 rings (SSSR count). The van der Waals surface area contributed by atoms with E-state index in [9.17, 15) is 9.59 Å². The highest BCUT2D eigenvalue weighted by Gasteiger charge is 2.41. The molecule has 1 aliphatic rings. The van der Waals surface area contributed by atoms with Crippen LogP contribution in [0.15, 0.2) is 54.6 Å². The van der Waals surface area contributed by atoms with Gasteiger partial charge in [-0.15, -0.1) is 0 Å². The molecule has 1 amide bonds. The Balaban J connectivity index is 1.63. The van der Waals surface area contributed by atoms with Gasteiger partial charge in [-0.1, -0.05) is 55.8 Å². The molecule has 0 spiro atoms. The third-order valence-corrected chi connectivity index (χ3v) is 5.10. The van der Waals surface area contributed by atoms with Crippen molar-refractivity contribution in [1.29, 1.82) is 0 Å². The highest BCUT2D eigenvalue weighted by molar-refractivity contribution is 5.82. The van der Waals surface area contributed by atoms with Crippen LogP contribution in [0.3, 0.4) is 0 Å². The van der Waals surface area contributed by atoms with E-state index in [-0.39, 0.29) is 25.2 Å². The maximum Gasteiger partial charge on any atom is 0.410 e. The molecule has 0 aromatic heterocycles. The second-order valence-corrected chi connectivity index (χ2v) is 7.32. The van der Waals surface area contributed by atoms with Crippen LogP contribution in [0.4, 0.5) is 4.79 Å². The maximum absolute atomic E-state index is 12.4. The number of cyclic esters (lactones) is 1. The average molecular weight is 411 g/mol. The number of ether oxygens (including phenoxy) is 3. The topological polar surface area (TPSA) is 65.1 Å². The van der Waals surface area contributed by atoms with Crippen molar-refractivity contribution in [3.05, 3.63) is 65.7 Å². The summed E-state index contributed by atoms with van der Waals surface area (Å²) >= 11 is 0. The molecule has 6 nitrogen and oxygen atoms in total.